The highest BCUT2D eigenvalue weighted by atomic mass is 16.5. The summed E-state index contributed by atoms with van der Waals surface area (Å²) < 4.78 is 5.17. The van der Waals surface area contributed by atoms with Crippen LogP contribution in [-0.2, 0) is 4.79 Å². The second-order valence-electron chi connectivity index (χ2n) is 4.15. The zero-order valence-electron chi connectivity index (χ0n) is 9.30. The van der Waals surface area contributed by atoms with Crippen LogP contribution < -0.4 is 10.1 Å². The molecular weight excluding hydrogens is 222 g/mol. The van der Waals surface area contributed by atoms with Gasteiger partial charge in [0.1, 0.15) is 0 Å². The van der Waals surface area contributed by atoms with Crippen LogP contribution in [0.5, 0.6) is 11.5 Å². The topological polar surface area (TPSA) is 78.8 Å². The van der Waals surface area contributed by atoms with Gasteiger partial charge in [0.25, 0.3) is 5.91 Å². The third kappa shape index (κ3) is 3.10. The number of nitrogens with one attached hydrogen (secondary N) is 1. The first kappa shape index (κ1) is 11.7. The van der Waals surface area contributed by atoms with E-state index in [4.69, 9.17) is 9.84 Å². The molecule has 5 nitrogen and oxygen atoms in total. The summed E-state index contributed by atoms with van der Waals surface area (Å²) >= 11 is 0. The monoisotopic (exact) mass is 237 g/mol. The highest BCUT2D eigenvalue weighted by Crippen LogP contribution is 2.24. The maximum Gasteiger partial charge on any atom is 0.258 e. The Hall–Kier alpha value is -1.75. The number of carbonyl (C=O) groups is 1. The van der Waals surface area contributed by atoms with Crippen molar-refractivity contribution in [3.63, 3.8) is 0 Å². The Morgan fingerprint density at radius 1 is 1.41 bits per heavy atom. The van der Waals surface area contributed by atoms with Crippen LogP contribution in [0.2, 0.25) is 0 Å². The van der Waals surface area contributed by atoms with Gasteiger partial charge < -0.3 is 20.3 Å². The van der Waals surface area contributed by atoms with E-state index < -0.39 is 0 Å². The molecule has 0 heterocycles. The number of ether oxygens (including phenoxy) is 1. The van der Waals surface area contributed by atoms with Gasteiger partial charge in [0.05, 0.1) is 6.10 Å². The van der Waals surface area contributed by atoms with Gasteiger partial charge in [0.2, 0.25) is 0 Å². The molecular formula is C12H15NO4. The Morgan fingerprint density at radius 3 is 2.76 bits per heavy atom. The fourth-order valence-corrected chi connectivity index (χ4v) is 1.70. The molecule has 2 rings (SSSR count). The van der Waals surface area contributed by atoms with Crippen LogP contribution in [0.25, 0.3) is 0 Å². The quantitative estimate of drug-likeness (QED) is 0.708. The van der Waals surface area contributed by atoms with Crippen LogP contribution in [0.3, 0.4) is 0 Å². The molecule has 1 aliphatic rings. The van der Waals surface area contributed by atoms with Gasteiger partial charge in [-0.1, -0.05) is 12.1 Å². The van der Waals surface area contributed by atoms with Crippen molar-refractivity contribution in [2.24, 2.45) is 0 Å². The predicted molar refractivity (Wildman–Crippen MR) is 60.8 cm³/mol. The second kappa shape index (κ2) is 5.05. The molecule has 17 heavy (non-hydrogen) atoms. The van der Waals surface area contributed by atoms with Gasteiger partial charge in [-0.3, -0.25) is 4.79 Å². The molecule has 0 unspecified atom stereocenters. The van der Waals surface area contributed by atoms with E-state index in [0.717, 1.165) is 0 Å². The number of aliphatic hydroxyl groups is 1. The summed E-state index contributed by atoms with van der Waals surface area (Å²) in [5.74, 6) is 0.0563. The van der Waals surface area contributed by atoms with Crippen LogP contribution in [-0.4, -0.2) is 34.9 Å². The number of phenolic OH excluding ortho intramolecular Hbond substituents is 1. The van der Waals surface area contributed by atoms with Crippen LogP contribution >= 0.6 is 0 Å². The van der Waals surface area contributed by atoms with Crippen molar-refractivity contribution in [2.75, 3.05) is 6.61 Å². The number of rotatable bonds is 4. The zero-order valence-corrected chi connectivity index (χ0v) is 9.30. The lowest BCUT2D eigenvalue weighted by atomic mass is 9.89. The number of aromatic hydroxyl groups is 1. The van der Waals surface area contributed by atoms with Gasteiger partial charge in [-0.25, -0.2) is 0 Å². The lowest BCUT2D eigenvalue weighted by Crippen LogP contribution is -2.48. The lowest BCUT2D eigenvalue weighted by molar-refractivity contribution is -0.125. The van der Waals surface area contributed by atoms with Gasteiger partial charge in [-0.2, -0.15) is 0 Å². The Balaban J connectivity index is 1.75. The molecule has 0 aliphatic heterocycles. The molecule has 1 saturated carbocycles. The van der Waals surface area contributed by atoms with E-state index in [0.29, 0.717) is 12.8 Å². The second-order valence-corrected chi connectivity index (χ2v) is 4.15. The van der Waals surface area contributed by atoms with Crippen LogP contribution in [0.1, 0.15) is 12.8 Å². The highest BCUT2D eigenvalue weighted by molar-refractivity contribution is 5.78. The summed E-state index contributed by atoms with van der Waals surface area (Å²) in [6.07, 6.45) is 0.907. The summed E-state index contributed by atoms with van der Waals surface area (Å²) in [6, 6.07) is 6.53. The average Bonchev–Trinajstić information content (AvgIpc) is 2.26. The standard InChI is InChI=1S/C12H15NO4/c14-9-5-8(6-9)13-12(16)7-17-11-4-2-1-3-10(11)15/h1-4,8-9,14-15H,5-7H2,(H,13,16). The van der Waals surface area contributed by atoms with Crippen molar-refractivity contribution in [1.82, 2.24) is 5.32 Å². The van der Waals surface area contributed by atoms with Crippen molar-refractivity contribution >= 4 is 5.91 Å². The fraction of sp³-hybridized carbons (Fsp3) is 0.417. The zero-order chi connectivity index (χ0) is 12.3. The number of hydrogen-bond donors (Lipinski definition) is 3. The Labute approximate surface area is 99.0 Å². The van der Waals surface area contributed by atoms with E-state index >= 15 is 0 Å². The normalized spacial score (nSPS) is 22.6. The Bertz CT molecular complexity index is 401. The van der Waals surface area contributed by atoms with Gasteiger partial charge in [-0.05, 0) is 25.0 Å². The van der Waals surface area contributed by atoms with Crippen molar-refractivity contribution in [3.8, 4) is 11.5 Å². The molecule has 92 valence electrons. The number of aliphatic hydroxyl groups excluding tert-OH is 1. The first-order chi connectivity index (χ1) is 8.15. The molecule has 5 heteroatoms. The van der Waals surface area contributed by atoms with E-state index in [2.05, 4.69) is 5.32 Å². The minimum atomic E-state index is -0.292. The summed E-state index contributed by atoms with van der Waals surface area (Å²) in [6.45, 7) is -0.135. The third-order valence-corrected chi connectivity index (χ3v) is 2.70. The van der Waals surface area contributed by atoms with Crippen LogP contribution in [0.15, 0.2) is 24.3 Å². The number of carbonyl (C=O) groups excluding carboxylic acids is 1. The molecule has 1 fully saturated rings. The van der Waals surface area contributed by atoms with Gasteiger partial charge in [0.15, 0.2) is 18.1 Å². The van der Waals surface area contributed by atoms with E-state index in [-0.39, 0.29) is 36.2 Å². The van der Waals surface area contributed by atoms with Crippen LogP contribution in [0, 0.1) is 0 Å². The maximum absolute atomic E-state index is 11.4. The maximum atomic E-state index is 11.4. The molecule has 1 amide bonds. The van der Waals surface area contributed by atoms with Crippen molar-refractivity contribution in [1.29, 1.82) is 0 Å². The fourth-order valence-electron chi connectivity index (χ4n) is 1.70. The first-order valence-corrected chi connectivity index (χ1v) is 5.53. The molecule has 1 aliphatic carbocycles. The molecule has 1 aromatic rings. The summed E-state index contributed by atoms with van der Waals surface area (Å²) in [5, 5.41) is 21.2. The molecule has 0 spiro atoms. The van der Waals surface area contributed by atoms with Crippen molar-refractivity contribution < 1.29 is 19.7 Å². The first-order valence-electron chi connectivity index (χ1n) is 5.53. The van der Waals surface area contributed by atoms with Crippen LogP contribution in [0.4, 0.5) is 0 Å². The van der Waals surface area contributed by atoms with E-state index in [9.17, 15) is 9.90 Å². The number of amides is 1. The SMILES string of the molecule is O=C(COc1ccccc1O)NC1CC(O)C1. The summed E-state index contributed by atoms with van der Waals surface area (Å²) in [4.78, 5) is 11.4. The van der Waals surface area contributed by atoms with Gasteiger partial charge in [-0.15, -0.1) is 0 Å². The number of phenols is 1. The largest absolute Gasteiger partial charge is 0.504 e. The van der Waals surface area contributed by atoms with Crippen molar-refractivity contribution in [2.45, 2.75) is 25.0 Å². The number of hydrogen-bond acceptors (Lipinski definition) is 4. The molecule has 0 radical (unpaired) electrons. The van der Waals surface area contributed by atoms with Crippen molar-refractivity contribution in [3.05, 3.63) is 24.3 Å². The molecule has 1 aromatic carbocycles. The third-order valence-electron chi connectivity index (χ3n) is 2.70. The summed E-state index contributed by atoms with van der Waals surface area (Å²) in [7, 11) is 0. The lowest BCUT2D eigenvalue weighted by Gasteiger charge is -2.31. The minimum Gasteiger partial charge on any atom is -0.504 e. The van der Waals surface area contributed by atoms with Gasteiger partial charge in [0, 0.05) is 6.04 Å². The summed E-state index contributed by atoms with van der Waals surface area (Å²) in [5.41, 5.74) is 0. The Morgan fingerprint density at radius 2 is 2.12 bits per heavy atom. The smallest absolute Gasteiger partial charge is 0.258 e. The predicted octanol–water partition coefficient (Wildman–Crippen LogP) is 0.410. The molecule has 0 bridgehead atoms. The molecule has 3 N–H and O–H groups in total. The molecule has 0 saturated heterocycles. The number of benzene rings is 1. The molecule has 0 atom stereocenters. The van der Waals surface area contributed by atoms with Gasteiger partial charge >= 0.3 is 0 Å². The Kier molecular flexibility index (Phi) is 3.49. The van der Waals surface area contributed by atoms with E-state index in [1.54, 1.807) is 18.2 Å². The highest BCUT2D eigenvalue weighted by Gasteiger charge is 2.28. The number of para-hydroxylation sites is 2. The van der Waals surface area contributed by atoms with E-state index in [1.807, 2.05) is 0 Å². The molecule has 0 aromatic heterocycles. The average molecular weight is 237 g/mol. The van der Waals surface area contributed by atoms with E-state index in [1.165, 1.54) is 6.07 Å². The minimum absolute atomic E-state index is 0.0133.